The smallest absolute Gasteiger partial charge is 0.191 e. The summed E-state index contributed by atoms with van der Waals surface area (Å²) in [5.41, 5.74) is -1.14. The topological polar surface area (TPSA) is 100 Å². The maximum atomic E-state index is 10.5. The number of aryl methyl sites for hydroxylation is 1. The third-order valence-corrected chi connectivity index (χ3v) is 4.77. The Hall–Kier alpha value is -1.62. The van der Waals surface area contributed by atoms with Crippen molar-refractivity contribution in [3.63, 3.8) is 0 Å². The minimum absolute atomic E-state index is 0. The monoisotopic (exact) mass is 502 g/mol. The molecule has 28 heavy (non-hydrogen) atoms. The minimum Gasteiger partial charge on any atom is -0.466 e. The lowest BCUT2D eigenvalue weighted by atomic mass is 10.0. The number of nitrogens with one attached hydrogen (secondary N) is 2. The van der Waals surface area contributed by atoms with Gasteiger partial charge in [0.2, 0.25) is 0 Å². The SMILES string of the molecule is CCNC(=NCC(C)(O)c1ccco1)NCCc1nnc2n1CCCCC2.I. The Morgan fingerprint density at radius 3 is 2.93 bits per heavy atom. The first kappa shape index (κ1) is 22.7. The molecule has 0 amide bonds. The molecule has 2 aromatic rings. The van der Waals surface area contributed by atoms with Crippen LogP contribution < -0.4 is 10.6 Å². The minimum atomic E-state index is -1.14. The summed E-state index contributed by atoms with van der Waals surface area (Å²) in [5, 5.41) is 25.8. The molecule has 1 aliphatic heterocycles. The standard InChI is InChI=1S/C19H30N6O2.HI/c1-3-20-18(22-14-19(2,26)15-8-7-13-27-15)21-11-10-17-24-23-16-9-5-4-6-12-25(16)17;/h7-8,13,26H,3-6,9-12,14H2,1-2H3,(H2,20,21,22);1H. The lowest BCUT2D eigenvalue weighted by Crippen LogP contribution is -2.40. The molecule has 0 saturated carbocycles. The number of hydrogen-bond donors (Lipinski definition) is 3. The molecule has 1 atom stereocenters. The van der Waals surface area contributed by atoms with Gasteiger partial charge in [0, 0.05) is 32.5 Å². The number of aromatic nitrogens is 3. The first-order valence-corrected chi connectivity index (χ1v) is 9.79. The Morgan fingerprint density at radius 2 is 2.18 bits per heavy atom. The Morgan fingerprint density at radius 1 is 1.32 bits per heavy atom. The molecule has 0 radical (unpaired) electrons. The molecule has 0 aromatic carbocycles. The molecule has 156 valence electrons. The molecule has 8 nitrogen and oxygen atoms in total. The molecule has 0 spiro atoms. The van der Waals surface area contributed by atoms with Crippen LogP contribution in [0.1, 0.15) is 50.5 Å². The van der Waals surface area contributed by atoms with Gasteiger partial charge in [0.15, 0.2) is 5.96 Å². The van der Waals surface area contributed by atoms with Gasteiger partial charge in [-0.2, -0.15) is 0 Å². The molecule has 3 heterocycles. The Balaban J connectivity index is 0.00000280. The van der Waals surface area contributed by atoms with Crippen molar-refractivity contribution >= 4 is 29.9 Å². The van der Waals surface area contributed by atoms with Gasteiger partial charge in [-0.25, -0.2) is 4.99 Å². The number of halogens is 1. The predicted octanol–water partition coefficient (Wildman–Crippen LogP) is 2.22. The van der Waals surface area contributed by atoms with Crippen molar-refractivity contribution in [3.05, 3.63) is 35.8 Å². The highest BCUT2D eigenvalue weighted by molar-refractivity contribution is 14.0. The lowest BCUT2D eigenvalue weighted by Gasteiger charge is -2.19. The van der Waals surface area contributed by atoms with Gasteiger partial charge in [-0.3, -0.25) is 0 Å². The zero-order chi connectivity index (χ0) is 19.1. The fourth-order valence-electron chi connectivity index (χ4n) is 3.26. The van der Waals surface area contributed by atoms with Crippen molar-refractivity contribution in [1.82, 2.24) is 25.4 Å². The number of nitrogens with zero attached hydrogens (tertiary/aromatic N) is 4. The maximum absolute atomic E-state index is 10.5. The summed E-state index contributed by atoms with van der Waals surface area (Å²) in [6.45, 7) is 6.38. The van der Waals surface area contributed by atoms with Gasteiger partial charge < -0.3 is 24.7 Å². The lowest BCUT2D eigenvalue weighted by molar-refractivity contribution is 0.0437. The second kappa shape index (κ2) is 10.8. The summed E-state index contributed by atoms with van der Waals surface area (Å²) in [7, 11) is 0. The number of rotatable bonds is 7. The van der Waals surface area contributed by atoms with Crippen LogP contribution in [0, 0.1) is 0 Å². The number of aliphatic hydroxyl groups is 1. The van der Waals surface area contributed by atoms with Gasteiger partial charge in [0.25, 0.3) is 0 Å². The van der Waals surface area contributed by atoms with Gasteiger partial charge in [-0.1, -0.05) is 6.42 Å². The number of furan rings is 1. The Kier molecular flexibility index (Phi) is 8.74. The van der Waals surface area contributed by atoms with Crippen LogP contribution in [-0.2, 0) is 25.0 Å². The Bertz CT molecular complexity index is 742. The molecule has 3 rings (SSSR count). The summed E-state index contributed by atoms with van der Waals surface area (Å²) in [6.07, 6.45) is 7.01. The van der Waals surface area contributed by atoms with Crippen molar-refractivity contribution in [3.8, 4) is 0 Å². The van der Waals surface area contributed by atoms with Crippen molar-refractivity contribution in [2.75, 3.05) is 19.6 Å². The fraction of sp³-hybridized carbons (Fsp3) is 0.632. The molecule has 9 heteroatoms. The van der Waals surface area contributed by atoms with E-state index in [1.54, 1.807) is 25.3 Å². The maximum Gasteiger partial charge on any atom is 0.191 e. The van der Waals surface area contributed by atoms with E-state index in [1.165, 1.54) is 19.3 Å². The van der Waals surface area contributed by atoms with E-state index in [0.717, 1.165) is 37.6 Å². The molecule has 2 aromatic heterocycles. The van der Waals surface area contributed by atoms with E-state index in [1.807, 2.05) is 6.92 Å². The summed E-state index contributed by atoms with van der Waals surface area (Å²) >= 11 is 0. The fourth-order valence-corrected chi connectivity index (χ4v) is 3.26. The Labute approximate surface area is 183 Å². The van der Waals surface area contributed by atoms with Crippen molar-refractivity contribution in [2.45, 2.75) is 58.1 Å². The molecule has 1 aliphatic rings. The number of aliphatic imine (C=N–C) groups is 1. The molecular formula is C19H31IN6O2. The summed E-state index contributed by atoms with van der Waals surface area (Å²) in [5.74, 6) is 3.31. The van der Waals surface area contributed by atoms with Gasteiger partial charge in [0.1, 0.15) is 23.0 Å². The molecule has 0 fully saturated rings. The van der Waals surface area contributed by atoms with Crippen LogP contribution in [0.25, 0.3) is 0 Å². The van der Waals surface area contributed by atoms with E-state index in [2.05, 4.69) is 30.4 Å². The van der Waals surface area contributed by atoms with E-state index in [0.29, 0.717) is 18.3 Å². The second-order valence-electron chi connectivity index (χ2n) is 7.12. The van der Waals surface area contributed by atoms with E-state index < -0.39 is 5.60 Å². The zero-order valence-corrected chi connectivity index (χ0v) is 19.0. The molecular weight excluding hydrogens is 471 g/mol. The van der Waals surface area contributed by atoms with Crippen LogP contribution in [-0.4, -0.2) is 45.5 Å². The van der Waals surface area contributed by atoms with Crippen LogP contribution in [0.5, 0.6) is 0 Å². The van der Waals surface area contributed by atoms with E-state index >= 15 is 0 Å². The number of fused-ring (bicyclic) bond motifs is 1. The van der Waals surface area contributed by atoms with E-state index in [4.69, 9.17) is 4.42 Å². The number of guanidine groups is 1. The van der Waals surface area contributed by atoms with Crippen molar-refractivity contribution in [2.24, 2.45) is 4.99 Å². The van der Waals surface area contributed by atoms with Gasteiger partial charge in [-0.15, -0.1) is 34.2 Å². The van der Waals surface area contributed by atoms with Crippen molar-refractivity contribution < 1.29 is 9.52 Å². The van der Waals surface area contributed by atoms with Crippen LogP contribution in [0.2, 0.25) is 0 Å². The first-order valence-electron chi connectivity index (χ1n) is 9.79. The molecule has 0 bridgehead atoms. The molecule has 1 unspecified atom stereocenters. The van der Waals surface area contributed by atoms with Gasteiger partial charge in [0.05, 0.1) is 12.8 Å². The largest absolute Gasteiger partial charge is 0.466 e. The molecule has 0 aliphatic carbocycles. The highest BCUT2D eigenvalue weighted by Gasteiger charge is 2.26. The van der Waals surface area contributed by atoms with E-state index in [-0.39, 0.29) is 30.5 Å². The van der Waals surface area contributed by atoms with Gasteiger partial charge in [-0.05, 0) is 38.8 Å². The third-order valence-electron chi connectivity index (χ3n) is 4.77. The quantitative estimate of drug-likeness (QED) is 0.305. The zero-order valence-electron chi connectivity index (χ0n) is 16.6. The third kappa shape index (κ3) is 5.94. The summed E-state index contributed by atoms with van der Waals surface area (Å²) in [4.78, 5) is 4.50. The van der Waals surface area contributed by atoms with Crippen LogP contribution >= 0.6 is 24.0 Å². The molecule has 0 saturated heterocycles. The highest BCUT2D eigenvalue weighted by atomic mass is 127. The average molecular weight is 502 g/mol. The molecule has 3 N–H and O–H groups in total. The van der Waals surface area contributed by atoms with Crippen molar-refractivity contribution in [1.29, 1.82) is 0 Å². The second-order valence-corrected chi connectivity index (χ2v) is 7.12. The number of hydrogen-bond acceptors (Lipinski definition) is 5. The van der Waals surface area contributed by atoms with Crippen LogP contribution in [0.4, 0.5) is 0 Å². The summed E-state index contributed by atoms with van der Waals surface area (Å²) < 4.78 is 7.57. The van der Waals surface area contributed by atoms with Crippen LogP contribution in [0.3, 0.4) is 0 Å². The van der Waals surface area contributed by atoms with E-state index in [9.17, 15) is 5.11 Å². The normalized spacial score (nSPS) is 16.5. The van der Waals surface area contributed by atoms with Crippen LogP contribution in [0.15, 0.2) is 27.8 Å². The highest BCUT2D eigenvalue weighted by Crippen LogP contribution is 2.21. The van der Waals surface area contributed by atoms with Gasteiger partial charge >= 0.3 is 0 Å². The first-order chi connectivity index (χ1) is 13.1. The average Bonchev–Trinajstić information content (AvgIpc) is 3.26. The predicted molar refractivity (Wildman–Crippen MR) is 119 cm³/mol. The summed E-state index contributed by atoms with van der Waals surface area (Å²) in [6, 6.07) is 3.52.